The van der Waals surface area contributed by atoms with Crippen LogP contribution in [0.25, 0.3) is 0 Å². The molecule has 0 aliphatic carbocycles. The molecule has 0 amide bonds. The lowest BCUT2D eigenvalue weighted by molar-refractivity contribution is -0.485. The summed E-state index contributed by atoms with van der Waals surface area (Å²) in [5, 5.41) is 15.2. The zero-order valence-corrected chi connectivity index (χ0v) is 11.0. The van der Waals surface area contributed by atoms with E-state index in [1.165, 1.54) is 0 Å². The average molecular weight is 239 g/mol. The van der Waals surface area contributed by atoms with Crippen molar-refractivity contribution in [1.82, 2.24) is 9.78 Å². The number of nitro groups is 1. The Morgan fingerprint density at radius 2 is 2.06 bits per heavy atom. The Hall–Kier alpha value is -1.39. The molecule has 1 heterocycles. The molecule has 0 spiro atoms. The standard InChI is InChI=1S/C12H21N3O2/c1-5-10(6-2)11(8-15(16)17)12-7-9(3)14(4)13-12/h7,10-11H,5-6,8H2,1-4H3/t11-/m1/s1. The van der Waals surface area contributed by atoms with Crippen molar-refractivity contribution in [2.45, 2.75) is 39.5 Å². The molecule has 1 atom stereocenters. The Kier molecular flexibility index (Phi) is 4.66. The van der Waals surface area contributed by atoms with Crippen molar-refractivity contribution in [3.05, 3.63) is 27.6 Å². The maximum Gasteiger partial charge on any atom is 0.212 e. The second-order valence-corrected chi connectivity index (χ2v) is 4.53. The average Bonchev–Trinajstić information content (AvgIpc) is 2.59. The Labute approximate surface area is 102 Å². The SMILES string of the molecule is CCC(CC)[C@@H](C[N+](=O)[O-])c1cc(C)n(C)n1. The highest BCUT2D eigenvalue weighted by molar-refractivity contribution is 5.14. The molecule has 0 saturated carbocycles. The monoisotopic (exact) mass is 239 g/mol. The number of aromatic nitrogens is 2. The molecule has 0 aliphatic heterocycles. The molecule has 0 radical (unpaired) electrons. The first-order valence-electron chi connectivity index (χ1n) is 6.11. The van der Waals surface area contributed by atoms with Gasteiger partial charge in [-0.05, 0) is 18.9 Å². The zero-order chi connectivity index (χ0) is 13.0. The van der Waals surface area contributed by atoms with E-state index in [9.17, 15) is 10.1 Å². The topological polar surface area (TPSA) is 61.0 Å². The Morgan fingerprint density at radius 1 is 1.47 bits per heavy atom. The van der Waals surface area contributed by atoms with Gasteiger partial charge in [0.15, 0.2) is 0 Å². The van der Waals surface area contributed by atoms with Crippen LogP contribution in [-0.2, 0) is 7.05 Å². The van der Waals surface area contributed by atoms with Gasteiger partial charge in [-0.2, -0.15) is 5.10 Å². The summed E-state index contributed by atoms with van der Waals surface area (Å²) in [5.74, 6) is 0.259. The molecule has 1 aromatic rings. The molecule has 0 bridgehead atoms. The van der Waals surface area contributed by atoms with Gasteiger partial charge in [0.05, 0.1) is 11.6 Å². The first kappa shape index (κ1) is 13.7. The Bertz CT molecular complexity index is 364. The Balaban J connectivity index is 3.00. The third kappa shape index (κ3) is 3.28. The van der Waals surface area contributed by atoms with E-state index in [1.54, 1.807) is 4.68 Å². The molecule has 17 heavy (non-hydrogen) atoms. The second kappa shape index (κ2) is 5.80. The maximum absolute atomic E-state index is 10.8. The molecule has 96 valence electrons. The minimum absolute atomic E-state index is 0.0250. The third-order valence-corrected chi connectivity index (χ3v) is 3.48. The molecule has 0 fully saturated rings. The number of rotatable bonds is 6. The van der Waals surface area contributed by atoms with Gasteiger partial charge in [-0.1, -0.05) is 26.7 Å². The van der Waals surface area contributed by atoms with E-state index in [1.807, 2.05) is 20.0 Å². The number of nitrogens with zero attached hydrogens (tertiary/aromatic N) is 3. The van der Waals surface area contributed by atoms with Gasteiger partial charge in [0, 0.05) is 17.7 Å². The van der Waals surface area contributed by atoms with E-state index >= 15 is 0 Å². The summed E-state index contributed by atoms with van der Waals surface area (Å²) in [6.45, 7) is 6.10. The molecular weight excluding hydrogens is 218 g/mol. The van der Waals surface area contributed by atoms with Gasteiger partial charge in [-0.3, -0.25) is 14.8 Å². The van der Waals surface area contributed by atoms with Crippen LogP contribution < -0.4 is 0 Å². The molecular formula is C12H21N3O2. The minimum Gasteiger partial charge on any atom is -0.273 e. The van der Waals surface area contributed by atoms with Gasteiger partial charge < -0.3 is 0 Å². The summed E-state index contributed by atoms with van der Waals surface area (Å²) in [6, 6.07) is 1.96. The molecule has 5 nitrogen and oxygen atoms in total. The van der Waals surface area contributed by atoms with Gasteiger partial charge in [0.25, 0.3) is 0 Å². The summed E-state index contributed by atoms with van der Waals surface area (Å²) in [4.78, 5) is 10.6. The molecule has 1 rings (SSSR count). The molecule has 0 aliphatic rings. The van der Waals surface area contributed by atoms with Crippen LogP contribution in [0.4, 0.5) is 0 Å². The van der Waals surface area contributed by atoms with Crippen molar-refractivity contribution in [3.63, 3.8) is 0 Å². The van der Waals surface area contributed by atoms with Crippen LogP contribution >= 0.6 is 0 Å². The smallest absolute Gasteiger partial charge is 0.212 e. The molecule has 0 saturated heterocycles. The molecule has 1 aromatic heterocycles. The summed E-state index contributed by atoms with van der Waals surface area (Å²) in [5.41, 5.74) is 1.90. The zero-order valence-electron chi connectivity index (χ0n) is 11.0. The van der Waals surface area contributed by atoms with Crippen LogP contribution in [0.3, 0.4) is 0 Å². The summed E-state index contributed by atoms with van der Waals surface area (Å²) in [6.07, 6.45) is 1.90. The van der Waals surface area contributed by atoms with Gasteiger partial charge in [-0.25, -0.2) is 0 Å². The van der Waals surface area contributed by atoms with Crippen molar-refractivity contribution in [3.8, 4) is 0 Å². The van der Waals surface area contributed by atoms with Crippen molar-refractivity contribution in [2.75, 3.05) is 6.54 Å². The number of aryl methyl sites for hydroxylation is 2. The van der Waals surface area contributed by atoms with Crippen LogP contribution in [0, 0.1) is 23.0 Å². The van der Waals surface area contributed by atoms with E-state index in [2.05, 4.69) is 18.9 Å². The first-order valence-corrected chi connectivity index (χ1v) is 6.11. The summed E-state index contributed by atoms with van der Waals surface area (Å²) >= 11 is 0. The van der Waals surface area contributed by atoms with Crippen molar-refractivity contribution < 1.29 is 4.92 Å². The van der Waals surface area contributed by atoms with Gasteiger partial charge >= 0.3 is 0 Å². The molecule has 0 N–H and O–H groups in total. The normalized spacial score (nSPS) is 13.0. The van der Waals surface area contributed by atoms with E-state index in [4.69, 9.17) is 0 Å². The fourth-order valence-corrected chi connectivity index (χ4v) is 2.27. The molecule has 0 aromatic carbocycles. The van der Waals surface area contributed by atoms with Crippen LogP contribution in [0.5, 0.6) is 0 Å². The molecule has 5 heteroatoms. The highest BCUT2D eigenvalue weighted by Crippen LogP contribution is 2.29. The predicted octanol–water partition coefficient (Wildman–Crippen LogP) is 2.53. The maximum atomic E-state index is 10.8. The van der Waals surface area contributed by atoms with E-state index in [0.717, 1.165) is 24.2 Å². The van der Waals surface area contributed by atoms with Crippen LogP contribution in [0.15, 0.2) is 6.07 Å². The molecule has 0 unspecified atom stereocenters. The highest BCUT2D eigenvalue weighted by Gasteiger charge is 2.27. The summed E-state index contributed by atoms with van der Waals surface area (Å²) < 4.78 is 1.78. The largest absolute Gasteiger partial charge is 0.273 e. The number of hydrogen-bond acceptors (Lipinski definition) is 3. The van der Waals surface area contributed by atoms with Gasteiger partial charge in [0.2, 0.25) is 6.54 Å². The lowest BCUT2D eigenvalue weighted by atomic mass is 9.85. The van der Waals surface area contributed by atoms with Gasteiger partial charge in [-0.15, -0.1) is 0 Å². The van der Waals surface area contributed by atoms with Crippen LogP contribution in [-0.4, -0.2) is 21.2 Å². The van der Waals surface area contributed by atoms with Crippen LogP contribution in [0.2, 0.25) is 0 Å². The fraction of sp³-hybridized carbons (Fsp3) is 0.750. The first-order chi connectivity index (χ1) is 7.99. The second-order valence-electron chi connectivity index (χ2n) is 4.53. The van der Waals surface area contributed by atoms with Crippen LogP contribution in [0.1, 0.15) is 44.0 Å². The van der Waals surface area contributed by atoms with E-state index in [-0.39, 0.29) is 17.4 Å². The van der Waals surface area contributed by atoms with E-state index < -0.39 is 0 Å². The predicted molar refractivity (Wildman–Crippen MR) is 66.6 cm³/mol. The van der Waals surface area contributed by atoms with Crippen molar-refractivity contribution in [1.29, 1.82) is 0 Å². The number of hydrogen-bond donors (Lipinski definition) is 0. The van der Waals surface area contributed by atoms with Crippen molar-refractivity contribution in [2.24, 2.45) is 13.0 Å². The van der Waals surface area contributed by atoms with E-state index in [0.29, 0.717) is 5.92 Å². The quantitative estimate of drug-likeness (QED) is 0.566. The lowest BCUT2D eigenvalue weighted by Crippen LogP contribution is -2.21. The minimum atomic E-state index is -0.229. The van der Waals surface area contributed by atoms with Gasteiger partial charge in [0.1, 0.15) is 0 Å². The highest BCUT2D eigenvalue weighted by atomic mass is 16.6. The van der Waals surface area contributed by atoms with Crippen molar-refractivity contribution >= 4 is 0 Å². The lowest BCUT2D eigenvalue weighted by Gasteiger charge is -2.19. The third-order valence-electron chi connectivity index (χ3n) is 3.48. The summed E-state index contributed by atoms with van der Waals surface area (Å²) in [7, 11) is 1.87. The Morgan fingerprint density at radius 3 is 2.41 bits per heavy atom. The fourth-order valence-electron chi connectivity index (χ4n) is 2.27.